The van der Waals surface area contributed by atoms with E-state index in [-0.39, 0.29) is 17.9 Å². The molecule has 136 valence electrons. The topological polar surface area (TPSA) is 79.5 Å². The summed E-state index contributed by atoms with van der Waals surface area (Å²) in [5.41, 5.74) is 3.00. The van der Waals surface area contributed by atoms with Crippen molar-refractivity contribution >= 4 is 17.5 Å². The van der Waals surface area contributed by atoms with Gasteiger partial charge in [-0.2, -0.15) is 0 Å². The lowest BCUT2D eigenvalue weighted by Gasteiger charge is -2.26. The molecule has 3 rings (SSSR count). The number of hydrogen-bond donors (Lipinski definition) is 3. The summed E-state index contributed by atoms with van der Waals surface area (Å²) in [7, 11) is 1.57. The summed E-state index contributed by atoms with van der Waals surface area (Å²) in [6.45, 7) is 2.32. The molecule has 0 unspecified atom stereocenters. The molecule has 0 aromatic heterocycles. The van der Waals surface area contributed by atoms with E-state index in [4.69, 9.17) is 4.74 Å². The third-order valence-corrected chi connectivity index (χ3v) is 4.49. The van der Waals surface area contributed by atoms with E-state index in [1.165, 1.54) is 11.1 Å². The van der Waals surface area contributed by atoms with Crippen LogP contribution in [0.5, 0.6) is 5.75 Å². The van der Waals surface area contributed by atoms with Crippen LogP contribution < -0.4 is 20.7 Å². The highest BCUT2D eigenvalue weighted by Crippen LogP contribution is 2.18. The highest BCUT2D eigenvalue weighted by atomic mass is 16.5. The second kappa shape index (κ2) is 8.01. The Balaban J connectivity index is 1.56. The Morgan fingerprint density at radius 1 is 1.15 bits per heavy atom. The van der Waals surface area contributed by atoms with Gasteiger partial charge in [-0.1, -0.05) is 30.3 Å². The number of carbonyl (C=O) groups excluding carboxylic acids is 2. The lowest BCUT2D eigenvalue weighted by Crippen LogP contribution is -2.52. The van der Waals surface area contributed by atoms with Gasteiger partial charge in [-0.15, -0.1) is 0 Å². The Morgan fingerprint density at radius 3 is 2.69 bits per heavy atom. The zero-order valence-corrected chi connectivity index (χ0v) is 14.9. The van der Waals surface area contributed by atoms with Crippen LogP contribution in [0.4, 0.5) is 5.69 Å². The molecule has 2 amide bonds. The van der Waals surface area contributed by atoms with Gasteiger partial charge in [-0.05, 0) is 36.6 Å². The number of ether oxygens (including phenoxy) is 1. The van der Waals surface area contributed by atoms with Gasteiger partial charge < -0.3 is 20.7 Å². The molecule has 0 saturated carbocycles. The van der Waals surface area contributed by atoms with Crippen LogP contribution in [0.3, 0.4) is 0 Å². The Labute approximate surface area is 152 Å². The first-order valence-electron chi connectivity index (χ1n) is 8.62. The van der Waals surface area contributed by atoms with Crippen LogP contribution in [-0.2, 0) is 22.6 Å². The molecule has 0 bridgehead atoms. The van der Waals surface area contributed by atoms with Crippen LogP contribution in [0.15, 0.2) is 48.5 Å². The molecule has 2 aromatic carbocycles. The number of amides is 2. The molecule has 0 spiro atoms. The van der Waals surface area contributed by atoms with Crippen LogP contribution >= 0.6 is 0 Å². The van der Waals surface area contributed by atoms with Gasteiger partial charge in [0, 0.05) is 18.3 Å². The van der Waals surface area contributed by atoms with Crippen molar-refractivity contribution in [2.75, 3.05) is 12.4 Å². The third kappa shape index (κ3) is 4.21. The number of nitrogens with one attached hydrogen (secondary N) is 3. The summed E-state index contributed by atoms with van der Waals surface area (Å²) >= 11 is 0. The van der Waals surface area contributed by atoms with E-state index in [0.717, 1.165) is 0 Å². The average molecular weight is 353 g/mol. The number of hydrogen-bond acceptors (Lipinski definition) is 4. The van der Waals surface area contributed by atoms with E-state index >= 15 is 0 Å². The maximum atomic E-state index is 12.5. The van der Waals surface area contributed by atoms with Crippen LogP contribution in [0, 0.1) is 0 Å². The van der Waals surface area contributed by atoms with Crippen LogP contribution in [0.2, 0.25) is 0 Å². The van der Waals surface area contributed by atoms with Crippen molar-refractivity contribution in [2.45, 2.75) is 32.0 Å². The van der Waals surface area contributed by atoms with E-state index in [2.05, 4.69) is 22.0 Å². The number of anilines is 1. The van der Waals surface area contributed by atoms with Crippen molar-refractivity contribution in [3.05, 3.63) is 59.7 Å². The monoisotopic (exact) mass is 353 g/mol. The second-order valence-electron chi connectivity index (χ2n) is 6.36. The zero-order valence-electron chi connectivity index (χ0n) is 14.9. The highest BCUT2D eigenvalue weighted by molar-refractivity contribution is 5.97. The molecule has 0 saturated heterocycles. The Kier molecular flexibility index (Phi) is 5.53. The van der Waals surface area contributed by atoms with Crippen molar-refractivity contribution in [3.63, 3.8) is 0 Å². The number of benzene rings is 2. The smallest absolute Gasteiger partial charge is 0.246 e. The molecule has 3 N–H and O–H groups in total. The molecule has 2 atom stereocenters. The summed E-state index contributed by atoms with van der Waals surface area (Å²) in [5, 5.41) is 8.79. The predicted molar refractivity (Wildman–Crippen MR) is 100 cm³/mol. The van der Waals surface area contributed by atoms with Gasteiger partial charge >= 0.3 is 0 Å². The first-order valence-corrected chi connectivity index (χ1v) is 8.62. The van der Waals surface area contributed by atoms with Crippen LogP contribution in [0.1, 0.15) is 18.1 Å². The Morgan fingerprint density at radius 2 is 1.92 bits per heavy atom. The number of fused-ring (bicyclic) bond motifs is 1. The Bertz CT molecular complexity index is 806. The fourth-order valence-corrected chi connectivity index (χ4v) is 2.97. The summed E-state index contributed by atoms with van der Waals surface area (Å²) in [5.74, 6) is 0.208. The minimum Gasteiger partial charge on any atom is -0.497 e. The molecule has 2 aromatic rings. The van der Waals surface area contributed by atoms with Crippen LogP contribution in [-0.4, -0.2) is 31.0 Å². The van der Waals surface area contributed by atoms with E-state index < -0.39 is 6.04 Å². The van der Waals surface area contributed by atoms with Crippen molar-refractivity contribution in [1.29, 1.82) is 0 Å². The first-order chi connectivity index (χ1) is 12.6. The van der Waals surface area contributed by atoms with Gasteiger partial charge in [-0.25, -0.2) is 0 Å². The van der Waals surface area contributed by atoms with Gasteiger partial charge in [0.05, 0.1) is 13.2 Å². The number of methoxy groups -OCH3 is 1. The maximum Gasteiger partial charge on any atom is 0.246 e. The number of carbonyl (C=O) groups is 2. The molecule has 6 heteroatoms. The normalized spacial score (nSPS) is 16.9. The second-order valence-corrected chi connectivity index (χ2v) is 6.36. The summed E-state index contributed by atoms with van der Waals surface area (Å²) in [4.78, 5) is 24.8. The summed E-state index contributed by atoms with van der Waals surface area (Å²) in [6, 6.07) is 14.2. The lowest BCUT2D eigenvalue weighted by molar-refractivity contribution is -0.127. The van der Waals surface area contributed by atoms with Gasteiger partial charge in [0.1, 0.15) is 11.8 Å². The molecule has 6 nitrogen and oxygen atoms in total. The molecular weight excluding hydrogens is 330 g/mol. The SMILES string of the molecule is COc1cccc(NC(=O)[C@@H](C)NC(=O)[C@@H]2Cc3ccccc3CN2)c1. The fourth-order valence-electron chi connectivity index (χ4n) is 2.97. The quantitative estimate of drug-likeness (QED) is 0.766. The van der Waals surface area contributed by atoms with Crippen molar-refractivity contribution in [2.24, 2.45) is 0 Å². The molecule has 0 radical (unpaired) electrons. The number of rotatable bonds is 5. The molecule has 26 heavy (non-hydrogen) atoms. The predicted octanol–water partition coefficient (Wildman–Crippen LogP) is 1.85. The molecular formula is C20H23N3O3. The van der Waals surface area contributed by atoms with Gasteiger partial charge in [0.2, 0.25) is 11.8 Å². The molecule has 1 heterocycles. The average Bonchev–Trinajstić information content (AvgIpc) is 2.67. The van der Waals surface area contributed by atoms with Crippen molar-refractivity contribution < 1.29 is 14.3 Å². The highest BCUT2D eigenvalue weighted by Gasteiger charge is 2.26. The van der Waals surface area contributed by atoms with Crippen LogP contribution in [0.25, 0.3) is 0 Å². The van der Waals surface area contributed by atoms with E-state index in [1.807, 2.05) is 18.2 Å². The third-order valence-electron chi connectivity index (χ3n) is 4.49. The molecule has 1 aliphatic heterocycles. The standard InChI is InChI=1S/C20H23N3O3/c1-13(19(24)23-16-8-5-9-17(11-16)26-2)22-20(25)18-10-14-6-3-4-7-15(14)12-21-18/h3-9,11,13,18,21H,10,12H2,1-2H3,(H,22,25)(H,23,24)/t13-,18+/m1/s1. The van der Waals surface area contributed by atoms with Crippen molar-refractivity contribution in [1.82, 2.24) is 10.6 Å². The van der Waals surface area contributed by atoms with E-state index in [9.17, 15) is 9.59 Å². The minimum absolute atomic E-state index is 0.173. The first kappa shape index (κ1) is 17.9. The molecule has 0 fully saturated rings. The van der Waals surface area contributed by atoms with Gasteiger partial charge in [-0.3, -0.25) is 9.59 Å². The van der Waals surface area contributed by atoms with Gasteiger partial charge in [0.25, 0.3) is 0 Å². The molecule has 1 aliphatic rings. The molecule has 0 aliphatic carbocycles. The Hall–Kier alpha value is -2.86. The maximum absolute atomic E-state index is 12.5. The van der Waals surface area contributed by atoms with E-state index in [1.54, 1.807) is 38.3 Å². The zero-order chi connectivity index (χ0) is 18.5. The van der Waals surface area contributed by atoms with Gasteiger partial charge in [0.15, 0.2) is 0 Å². The van der Waals surface area contributed by atoms with Crippen molar-refractivity contribution in [3.8, 4) is 5.75 Å². The summed E-state index contributed by atoms with van der Waals surface area (Å²) < 4.78 is 5.14. The van der Waals surface area contributed by atoms with E-state index in [0.29, 0.717) is 24.4 Å². The fraction of sp³-hybridized carbons (Fsp3) is 0.300. The summed E-state index contributed by atoms with van der Waals surface area (Å²) in [6.07, 6.45) is 0.617. The minimum atomic E-state index is -0.646. The lowest BCUT2D eigenvalue weighted by atomic mass is 9.95. The largest absolute Gasteiger partial charge is 0.497 e.